The first-order valence-corrected chi connectivity index (χ1v) is 4.57. The van der Waals surface area contributed by atoms with E-state index in [1.54, 1.807) is 0 Å². The standard InChI is InChI=1S/C8H16F3N3O/c1-14(5-2-8(9,10)11)6-7(15)13-4-3-12/h2-6,12H2,1H3,(H,13,15). The van der Waals surface area contributed by atoms with Gasteiger partial charge in [0, 0.05) is 19.6 Å². The maximum absolute atomic E-state index is 11.8. The van der Waals surface area contributed by atoms with Gasteiger partial charge in [-0.1, -0.05) is 0 Å². The van der Waals surface area contributed by atoms with Gasteiger partial charge >= 0.3 is 6.18 Å². The van der Waals surface area contributed by atoms with E-state index in [1.165, 1.54) is 11.9 Å². The molecule has 7 heteroatoms. The van der Waals surface area contributed by atoms with Gasteiger partial charge in [-0.25, -0.2) is 0 Å². The average molecular weight is 227 g/mol. The monoisotopic (exact) mass is 227 g/mol. The van der Waals surface area contributed by atoms with E-state index in [0.717, 1.165) is 0 Å². The summed E-state index contributed by atoms with van der Waals surface area (Å²) in [6.07, 6.45) is -5.09. The number of carbonyl (C=O) groups is 1. The van der Waals surface area contributed by atoms with Gasteiger partial charge in [-0.2, -0.15) is 13.2 Å². The molecule has 0 spiro atoms. The van der Waals surface area contributed by atoms with Crippen molar-refractivity contribution in [3.8, 4) is 0 Å². The lowest BCUT2D eigenvalue weighted by Gasteiger charge is -2.16. The number of amides is 1. The zero-order valence-electron chi connectivity index (χ0n) is 8.60. The SMILES string of the molecule is CN(CCC(F)(F)F)CC(=O)NCCN. The summed E-state index contributed by atoms with van der Waals surface area (Å²) in [5.41, 5.74) is 5.15. The van der Waals surface area contributed by atoms with E-state index in [9.17, 15) is 18.0 Å². The molecule has 3 N–H and O–H groups in total. The third kappa shape index (κ3) is 9.48. The number of hydrogen-bond acceptors (Lipinski definition) is 3. The number of rotatable bonds is 6. The molecule has 0 aliphatic rings. The van der Waals surface area contributed by atoms with Crippen LogP contribution in [0.3, 0.4) is 0 Å². The number of hydrogen-bond donors (Lipinski definition) is 2. The Balaban J connectivity index is 3.64. The van der Waals surface area contributed by atoms with Crippen molar-refractivity contribution < 1.29 is 18.0 Å². The molecule has 4 nitrogen and oxygen atoms in total. The van der Waals surface area contributed by atoms with Crippen LogP contribution in [-0.2, 0) is 4.79 Å². The normalized spacial score (nSPS) is 11.9. The molecular formula is C8H16F3N3O. The first-order chi connectivity index (χ1) is 6.85. The maximum Gasteiger partial charge on any atom is 0.390 e. The maximum atomic E-state index is 11.8. The molecular weight excluding hydrogens is 211 g/mol. The number of halogens is 3. The minimum Gasteiger partial charge on any atom is -0.354 e. The van der Waals surface area contributed by atoms with E-state index >= 15 is 0 Å². The molecule has 0 aliphatic heterocycles. The van der Waals surface area contributed by atoms with Crippen LogP contribution in [0.5, 0.6) is 0 Å². The lowest BCUT2D eigenvalue weighted by Crippen LogP contribution is -2.38. The van der Waals surface area contributed by atoms with Crippen LogP contribution in [-0.4, -0.2) is 50.2 Å². The molecule has 0 fully saturated rings. The van der Waals surface area contributed by atoms with Crippen molar-refractivity contribution in [1.29, 1.82) is 0 Å². The minimum atomic E-state index is -4.18. The summed E-state index contributed by atoms with van der Waals surface area (Å²) in [6.45, 7) is 0.430. The van der Waals surface area contributed by atoms with Crippen molar-refractivity contribution in [2.24, 2.45) is 5.73 Å². The summed E-state index contributed by atoms with van der Waals surface area (Å²) < 4.78 is 35.4. The molecule has 0 rings (SSSR count). The zero-order valence-corrected chi connectivity index (χ0v) is 8.60. The van der Waals surface area contributed by atoms with Crippen LogP contribution in [0.15, 0.2) is 0 Å². The Kier molecular flexibility index (Phi) is 6.26. The molecule has 0 saturated carbocycles. The van der Waals surface area contributed by atoms with E-state index in [-0.39, 0.29) is 19.0 Å². The molecule has 15 heavy (non-hydrogen) atoms. The van der Waals surface area contributed by atoms with Gasteiger partial charge in [-0.05, 0) is 7.05 Å². The van der Waals surface area contributed by atoms with E-state index in [1.807, 2.05) is 0 Å². The summed E-state index contributed by atoms with van der Waals surface area (Å²) in [5, 5.41) is 2.47. The second kappa shape index (κ2) is 6.62. The summed E-state index contributed by atoms with van der Waals surface area (Å²) in [7, 11) is 1.47. The smallest absolute Gasteiger partial charge is 0.354 e. The van der Waals surface area contributed by atoms with Crippen LogP contribution in [0.1, 0.15) is 6.42 Å². The van der Waals surface area contributed by atoms with Gasteiger partial charge in [-0.15, -0.1) is 0 Å². The van der Waals surface area contributed by atoms with E-state index in [0.29, 0.717) is 13.1 Å². The van der Waals surface area contributed by atoms with Crippen molar-refractivity contribution in [2.75, 3.05) is 33.2 Å². The molecule has 0 bridgehead atoms. The Morgan fingerprint density at radius 3 is 2.53 bits per heavy atom. The van der Waals surface area contributed by atoms with Crippen molar-refractivity contribution in [3.63, 3.8) is 0 Å². The summed E-state index contributed by atoms with van der Waals surface area (Å²) >= 11 is 0. The van der Waals surface area contributed by atoms with Gasteiger partial charge in [0.2, 0.25) is 5.91 Å². The molecule has 0 aromatic heterocycles. The lowest BCUT2D eigenvalue weighted by atomic mass is 10.4. The van der Waals surface area contributed by atoms with E-state index in [2.05, 4.69) is 5.32 Å². The Hall–Kier alpha value is -0.820. The van der Waals surface area contributed by atoms with Crippen LogP contribution < -0.4 is 11.1 Å². The van der Waals surface area contributed by atoms with Gasteiger partial charge in [0.25, 0.3) is 0 Å². The van der Waals surface area contributed by atoms with Crippen LogP contribution in [0.2, 0.25) is 0 Å². The fourth-order valence-corrected chi connectivity index (χ4v) is 0.909. The van der Waals surface area contributed by atoms with Crippen LogP contribution in [0.25, 0.3) is 0 Å². The molecule has 0 aromatic rings. The predicted octanol–water partition coefficient (Wildman–Crippen LogP) is -0.0545. The number of likely N-dealkylation sites (N-methyl/N-ethyl adjacent to an activating group) is 1. The lowest BCUT2D eigenvalue weighted by molar-refractivity contribution is -0.139. The first-order valence-electron chi connectivity index (χ1n) is 4.57. The first kappa shape index (κ1) is 14.2. The molecule has 0 saturated heterocycles. The second-order valence-corrected chi connectivity index (χ2v) is 3.24. The van der Waals surface area contributed by atoms with Gasteiger partial charge in [-0.3, -0.25) is 9.69 Å². The van der Waals surface area contributed by atoms with E-state index in [4.69, 9.17) is 5.73 Å². The molecule has 0 heterocycles. The molecule has 0 radical (unpaired) electrons. The van der Waals surface area contributed by atoms with Crippen LogP contribution >= 0.6 is 0 Å². The Morgan fingerprint density at radius 2 is 2.07 bits per heavy atom. The largest absolute Gasteiger partial charge is 0.390 e. The van der Waals surface area contributed by atoms with Gasteiger partial charge < -0.3 is 11.1 Å². The Morgan fingerprint density at radius 1 is 1.47 bits per heavy atom. The number of carbonyl (C=O) groups excluding carboxylic acids is 1. The molecule has 0 aromatic carbocycles. The number of alkyl halides is 3. The number of nitrogens with two attached hydrogens (primary N) is 1. The van der Waals surface area contributed by atoms with Crippen molar-refractivity contribution in [3.05, 3.63) is 0 Å². The third-order valence-corrected chi connectivity index (χ3v) is 1.66. The number of nitrogens with zero attached hydrogens (tertiary/aromatic N) is 1. The summed E-state index contributed by atoms with van der Waals surface area (Å²) in [4.78, 5) is 12.4. The topological polar surface area (TPSA) is 58.4 Å². The second-order valence-electron chi connectivity index (χ2n) is 3.24. The quantitative estimate of drug-likeness (QED) is 0.668. The highest BCUT2D eigenvalue weighted by Gasteiger charge is 2.27. The van der Waals surface area contributed by atoms with Crippen LogP contribution in [0, 0.1) is 0 Å². The fourth-order valence-electron chi connectivity index (χ4n) is 0.909. The minimum absolute atomic E-state index is 0.0456. The van der Waals surface area contributed by atoms with Gasteiger partial charge in [0.15, 0.2) is 0 Å². The van der Waals surface area contributed by atoms with Crippen molar-refractivity contribution in [1.82, 2.24) is 10.2 Å². The molecule has 1 amide bonds. The summed E-state index contributed by atoms with van der Waals surface area (Å²) in [5.74, 6) is -0.315. The highest BCUT2D eigenvalue weighted by Crippen LogP contribution is 2.19. The highest BCUT2D eigenvalue weighted by molar-refractivity contribution is 5.77. The van der Waals surface area contributed by atoms with E-state index < -0.39 is 12.6 Å². The predicted molar refractivity (Wildman–Crippen MR) is 50.2 cm³/mol. The Labute approximate surface area is 86.6 Å². The van der Waals surface area contributed by atoms with Gasteiger partial charge in [0.1, 0.15) is 0 Å². The zero-order chi connectivity index (χ0) is 11.9. The van der Waals surface area contributed by atoms with Crippen LogP contribution in [0.4, 0.5) is 13.2 Å². The molecule has 90 valence electrons. The third-order valence-electron chi connectivity index (χ3n) is 1.66. The van der Waals surface area contributed by atoms with Crippen molar-refractivity contribution >= 4 is 5.91 Å². The van der Waals surface area contributed by atoms with Crippen molar-refractivity contribution in [2.45, 2.75) is 12.6 Å². The van der Waals surface area contributed by atoms with Gasteiger partial charge in [0.05, 0.1) is 13.0 Å². The molecule has 0 atom stereocenters. The molecule has 0 unspecified atom stereocenters. The summed E-state index contributed by atoms with van der Waals surface area (Å²) in [6, 6.07) is 0. The molecule has 0 aliphatic carbocycles. The Bertz CT molecular complexity index is 196. The number of nitrogens with one attached hydrogen (secondary N) is 1. The highest BCUT2D eigenvalue weighted by atomic mass is 19.4. The fraction of sp³-hybridized carbons (Fsp3) is 0.875. The average Bonchev–Trinajstić information content (AvgIpc) is 2.10.